The Morgan fingerprint density at radius 2 is 1.70 bits per heavy atom. The molecule has 44 heavy (non-hydrogen) atoms. The van der Waals surface area contributed by atoms with Crippen molar-refractivity contribution in [3.63, 3.8) is 0 Å². The largest absolute Gasteiger partial charge is 0.496 e. The van der Waals surface area contributed by atoms with Crippen LogP contribution in [-0.4, -0.2) is 62.1 Å². The van der Waals surface area contributed by atoms with Crippen molar-refractivity contribution in [1.82, 2.24) is 15.1 Å². The topological polar surface area (TPSA) is 80.1 Å². The quantitative estimate of drug-likeness (QED) is 0.259. The lowest BCUT2D eigenvalue weighted by Gasteiger charge is -2.39. The van der Waals surface area contributed by atoms with E-state index in [1.54, 1.807) is 19.2 Å². The van der Waals surface area contributed by atoms with Gasteiger partial charge in [-0.2, -0.15) is 0 Å². The predicted molar refractivity (Wildman–Crippen MR) is 177 cm³/mol. The van der Waals surface area contributed by atoms with Gasteiger partial charge in [-0.25, -0.2) is 0 Å². The first-order valence-corrected chi connectivity index (χ1v) is 16.4. The van der Waals surface area contributed by atoms with E-state index in [0.29, 0.717) is 36.0 Å². The average Bonchev–Trinajstić information content (AvgIpc) is 3.55. The third-order valence-corrected chi connectivity index (χ3v) is 10.0. The van der Waals surface area contributed by atoms with Crippen LogP contribution in [0.1, 0.15) is 70.6 Å². The van der Waals surface area contributed by atoms with Gasteiger partial charge in [0.2, 0.25) is 0 Å². The van der Waals surface area contributed by atoms with E-state index in [-0.39, 0.29) is 5.91 Å². The van der Waals surface area contributed by atoms with Crippen molar-refractivity contribution in [2.45, 2.75) is 58.4 Å². The number of ether oxygens (including phenoxy) is 2. The number of nitrogens with two attached hydrogens (primary N) is 1. The van der Waals surface area contributed by atoms with Crippen LogP contribution in [0.5, 0.6) is 17.2 Å². The van der Waals surface area contributed by atoms with Gasteiger partial charge in [0.1, 0.15) is 17.2 Å². The van der Waals surface area contributed by atoms with Crippen molar-refractivity contribution in [3.05, 3.63) is 82.4 Å². The summed E-state index contributed by atoms with van der Waals surface area (Å²) in [6, 6.07) is 18.0. The predicted octanol–water partition coefficient (Wildman–Crippen LogP) is 6.53. The molecule has 234 valence electrons. The molecule has 3 aromatic carbocycles. The number of carbonyl (C=O) groups is 1. The molecule has 0 spiro atoms. The smallest absolute Gasteiger partial charge is 0.254 e. The second kappa shape index (κ2) is 13.6. The number of amides is 1. The Hall–Kier alpha value is -3.55. The standard InChI is InChI=1S/C37H48N4O3/c1-25-6-10-33(16-26(25)2)44-35-11-9-30(20-34(35)38)37(42)41(15-14-40-12-4-5-13-40)24-31-8-7-29(21-36(31)43-3)32-18-27-17-28(19-32)23-39-22-27/h6-11,16,20-21,27-28,32,39H,4-5,12-15,17-19,22-24,38H2,1-3H3/t27-,28?,32?/m0/s1. The second-order valence-electron chi connectivity index (χ2n) is 13.2. The Kier molecular flexibility index (Phi) is 9.43. The monoisotopic (exact) mass is 596 g/mol. The second-order valence-corrected chi connectivity index (χ2v) is 13.2. The molecule has 0 radical (unpaired) electrons. The van der Waals surface area contributed by atoms with E-state index in [1.807, 2.05) is 29.2 Å². The van der Waals surface area contributed by atoms with Crippen LogP contribution in [0.2, 0.25) is 0 Å². The van der Waals surface area contributed by atoms with Gasteiger partial charge in [-0.3, -0.25) is 4.79 Å². The maximum atomic E-state index is 14.0. The zero-order valence-electron chi connectivity index (χ0n) is 26.6. The van der Waals surface area contributed by atoms with E-state index in [1.165, 1.54) is 43.2 Å². The summed E-state index contributed by atoms with van der Waals surface area (Å²) in [6.45, 7) is 10.6. The van der Waals surface area contributed by atoms with Gasteiger partial charge in [0.15, 0.2) is 0 Å². The molecule has 3 N–H and O–H groups in total. The molecular weight excluding hydrogens is 548 g/mol. The van der Waals surface area contributed by atoms with E-state index in [9.17, 15) is 4.79 Å². The van der Waals surface area contributed by atoms with Crippen molar-refractivity contribution in [2.24, 2.45) is 11.8 Å². The maximum absolute atomic E-state index is 14.0. The molecule has 1 aliphatic carbocycles. The number of nitrogen functional groups attached to an aromatic ring is 1. The molecule has 2 heterocycles. The molecular formula is C37H48N4O3. The number of carbonyl (C=O) groups excluding carboxylic acids is 1. The van der Waals surface area contributed by atoms with Crippen LogP contribution in [0.4, 0.5) is 5.69 Å². The van der Waals surface area contributed by atoms with Gasteiger partial charge in [-0.15, -0.1) is 0 Å². The molecule has 2 aliphatic heterocycles. The fourth-order valence-electron chi connectivity index (χ4n) is 7.40. The van der Waals surface area contributed by atoms with Gasteiger partial charge in [-0.05, 0) is 143 Å². The fraction of sp³-hybridized carbons (Fsp3) is 0.486. The molecule has 3 atom stereocenters. The Labute approximate surface area is 262 Å². The van der Waals surface area contributed by atoms with Crippen LogP contribution in [0.25, 0.3) is 0 Å². The molecule has 3 aliphatic rings. The fourth-order valence-corrected chi connectivity index (χ4v) is 7.40. The summed E-state index contributed by atoms with van der Waals surface area (Å²) in [5, 5.41) is 3.61. The Morgan fingerprint density at radius 1 is 0.932 bits per heavy atom. The Morgan fingerprint density at radius 3 is 2.41 bits per heavy atom. The molecule has 2 unspecified atom stereocenters. The number of likely N-dealkylation sites (tertiary alicyclic amines) is 1. The van der Waals surface area contributed by atoms with Crippen molar-refractivity contribution < 1.29 is 14.3 Å². The van der Waals surface area contributed by atoms with Crippen molar-refractivity contribution in [1.29, 1.82) is 0 Å². The number of nitrogens with one attached hydrogen (secondary N) is 1. The molecule has 7 heteroatoms. The van der Waals surface area contributed by atoms with Crippen LogP contribution < -0.4 is 20.5 Å². The van der Waals surface area contributed by atoms with Gasteiger partial charge >= 0.3 is 0 Å². The van der Waals surface area contributed by atoms with Crippen molar-refractivity contribution >= 4 is 11.6 Å². The van der Waals surface area contributed by atoms with Gasteiger partial charge in [0, 0.05) is 30.8 Å². The van der Waals surface area contributed by atoms with Crippen molar-refractivity contribution in [3.8, 4) is 17.2 Å². The third-order valence-electron chi connectivity index (χ3n) is 10.0. The van der Waals surface area contributed by atoms with E-state index >= 15 is 0 Å². The number of rotatable bonds is 10. The molecule has 1 amide bonds. The van der Waals surface area contributed by atoms with Gasteiger partial charge < -0.3 is 30.3 Å². The SMILES string of the molecule is COc1cc(C2CC3CNC[C@@H](C3)C2)ccc1CN(CCN1CCCC1)C(=O)c1ccc(Oc2ccc(C)c(C)c2)c(N)c1. The van der Waals surface area contributed by atoms with Crippen molar-refractivity contribution in [2.75, 3.05) is 52.1 Å². The summed E-state index contributed by atoms with van der Waals surface area (Å²) < 4.78 is 12.0. The zero-order chi connectivity index (χ0) is 30.6. The van der Waals surface area contributed by atoms with Crippen LogP contribution in [0.3, 0.4) is 0 Å². The zero-order valence-corrected chi connectivity index (χ0v) is 26.6. The minimum absolute atomic E-state index is 0.0348. The first kappa shape index (κ1) is 30.5. The number of benzene rings is 3. The lowest BCUT2D eigenvalue weighted by Crippen LogP contribution is -2.40. The summed E-state index contributed by atoms with van der Waals surface area (Å²) in [6.07, 6.45) is 6.27. The number of nitrogens with zero attached hydrogens (tertiary/aromatic N) is 2. The molecule has 3 aromatic rings. The van der Waals surface area contributed by atoms with Gasteiger partial charge in [0.25, 0.3) is 5.91 Å². The lowest BCUT2D eigenvalue weighted by atomic mass is 9.71. The van der Waals surface area contributed by atoms with Crippen LogP contribution in [0.15, 0.2) is 54.6 Å². The molecule has 0 aromatic heterocycles. The third kappa shape index (κ3) is 7.05. The number of fused-ring (bicyclic) bond motifs is 2. The summed E-state index contributed by atoms with van der Waals surface area (Å²) in [5.41, 5.74) is 12.2. The van der Waals surface area contributed by atoms with Gasteiger partial charge in [0.05, 0.1) is 12.8 Å². The summed E-state index contributed by atoms with van der Waals surface area (Å²) >= 11 is 0. The minimum atomic E-state index is -0.0348. The molecule has 2 bridgehead atoms. The number of hydrogen-bond acceptors (Lipinski definition) is 6. The summed E-state index contributed by atoms with van der Waals surface area (Å²) in [4.78, 5) is 18.4. The van der Waals surface area contributed by atoms with E-state index in [4.69, 9.17) is 15.2 Å². The number of methoxy groups -OCH3 is 1. The summed E-state index contributed by atoms with van der Waals surface area (Å²) in [7, 11) is 1.74. The number of hydrogen-bond donors (Lipinski definition) is 2. The molecule has 1 saturated carbocycles. The number of piperidine rings is 1. The normalized spacial score (nSPS) is 21.7. The lowest BCUT2D eigenvalue weighted by molar-refractivity contribution is 0.0726. The number of aryl methyl sites for hydroxylation is 2. The first-order valence-electron chi connectivity index (χ1n) is 16.4. The minimum Gasteiger partial charge on any atom is -0.496 e. The highest BCUT2D eigenvalue weighted by molar-refractivity contribution is 5.95. The van der Waals surface area contributed by atoms with Crippen LogP contribution >= 0.6 is 0 Å². The first-order chi connectivity index (χ1) is 21.4. The van der Waals surface area contributed by atoms with Gasteiger partial charge in [-0.1, -0.05) is 18.2 Å². The molecule has 3 fully saturated rings. The highest BCUT2D eigenvalue weighted by Gasteiger charge is 2.33. The molecule has 2 saturated heterocycles. The van der Waals surface area contributed by atoms with Crippen LogP contribution in [-0.2, 0) is 6.54 Å². The van der Waals surface area contributed by atoms with E-state index in [0.717, 1.165) is 67.2 Å². The number of anilines is 1. The maximum Gasteiger partial charge on any atom is 0.254 e. The molecule has 7 nitrogen and oxygen atoms in total. The highest BCUT2D eigenvalue weighted by Crippen LogP contribution is 2.42. The van der Waals surface area contributed by atoms with E-state index < -0.39 is 0 Å². The average molecular weight is 597 g/mol. The van der Waals surface area contributed by atoms with Crippen LogP contribution in [0, 0.1) is 25.7 Å². The Bertz CT molecular complexity index is 1460. The molecule has 6 rings (SSSR count). The summed E-state index contributed by atoms with van der Waals surface area (Å²) in [5.74, 6) is 4.22. The highest BCUT2D eigenvalue weighted by atomic mass is 16.5. The Balaban J connectivity index is 1.20. The van der Waals surface area contributed by atoms with E-state index in [2.05, 4.69) is 42.3 Å².